The number of nitrogens with one attached hydrogen (secondary N) is 2. The molecular formula is C15H16FN3O. The first-order valence-corrected chi connectivity index (χ1v) is 6.80. The van der Waals surface area contributed by atoms with Gasteiger partial charge in [-0.3, -0.25) is 4.79 Å². The molecule has 3 rings (SSSR count). The van der Waals surface area contributed by atoms with Gasteiger partial charge in [-0.2, -0.15) is 5.26 Å². The maximum absolute atomic E-state index is 13.1. The molecule has 1 aromatic carbocycles. The molecule has 104 valence electrons. The van der Waals surface area contributed by atoms with Crippen LogP contribution in [0.3, 0.4) is 0 Å². The van der Waals surface area contributed by atoms with Crippen molar-refractivity contribution in [3.8, 4) is 6.07 Å². The third-order valence-electron chi connectivity index (χ3n) is 4.10. The molecule has 0 unspecified atom stereocenters. The van der Waals surface area contributed by atoms with Crippen LogP contribution in [0.1, 0.15) is 24.3 Å². The van der Waals surface area contributed by atoms with E-state index in [0.29, 0.717) is 6.42 Å². The molecule has 0 aromatic heterocycles. The minimum absolute atomic E-state index is 0.0280. The zero-order valence-electron chi connectivity index (χ0n) is 11.0. The summed E-state index contributed by atoms with van der Waals surface area (Å²) in [7, 11) is 0. The Balaban J connectivity index is 1.67. The van der Waals surface area contributed by atoms with Crippen molar-refractivity contribution in [2.75, 3.05) is 6.54 Å². The Morgan fingerprint density at radius 1 is 1.45 bits per heavy atom. The molecule has 5 heteroatoms. The standard InChI is InChI=1S/C15H16FN3O/c16-11-6-13(18-8-11)14(20)19-15(9-17)7-12(15)10-4-2-1-3-5-10/h1-5,11-13,18H,6-8H2,(H,19,20)/t11-,12-,13-,15+/m0/s1. The van der Waals surface area contributed by atoms with Crippen molar-refractivity contribution in [3.05, 3.63) is 35.9 Å². The van der Waals surface area contributed by atoms with Gasteiger partial charge in [0.15, 0.2) is 0 Å². The van der Waals surface area contributed by atoms with Crippen LogP contribution in [0, 0.1) is 11.3 Å². The lowest BCUT2D eigenvalue weighted by atomic mass is 10.1. The molecule has 1 aliphatic carbocycles. The number of hydrogen-bond acceptors (Lipinski definition) is 3. The fraction of sp³-hybridized carbons (Fsp3) is 0.467. The van der Waals surface area contributed by atoms with Crippen molar-refractivity contribution in [1.82, 2.24) is 10.6 Å². The average molecular weight is 273 g/mol. The highest BCUT2D eigenvalue weighted by Gasteiger charge is 2.57. The van der Waals surface area contributed by atoms with Gasteiger partial charge in [0.05, 0.1) is 12.1 Å². The zero-order chi connectivity index (χ0) is 14.2. The van der Waals surface area contributed by atoms with Gasteiger partial charge in [-0.05, 0) is 12.0 Å². The largest absolute Gasteiger partial charge is 0.336 e. The lowest BCUT2D eigenvalue weighted by molar-refractivity contribution is -0.123. The van der Waals surface area contributed by atoms with Crippen molar-refractivity contribution in [1.29, 1.82) is 5.26 Å². The van der Waals surface area contributed by atoms with E-state index in [0.717, 1.165) is 5.56 Å². The van der Waals surface area contributed by atoms with Crippen LogP contribution >= 0.6 is 0 Å². The molecule has 4 atom stereocenters. The number of hydrogen-bond donors (Lipinski definition) is 2. The van der Waals surface area contributed by atoms with Crippen LogP contribution in [0.25, 0.3) is 0 Å². The first-order valence-electron chi connectivity index (χ1n) is 6.80. The van der Waals surface area contributed by atoms with Gasteiger partial charge in [0.25, 0.3) is 0 Å². The second-order valence-corrected chi connectivity index (χ2v) is 5.53. The summed E-state index contributed by atoms with van der Waals surface area (Å²) in [5.41, 5.74) is 0.228. The van der Waals surface area contributed by atoms with Crippen LogP contribution in [-0.2, 0) is 4.79 Å². The lowest BCUT2D eigenvalue weighted by Crippen LogP contribution is -2.46. The third kappa shape index (κ3) is 2.27. The molecule has 0 radical (unpaired) electrons. The Labute approximate surface area is 117 Å². The van der Waals surface area contributed by atoms with E-state index in [1.807, 2.05) is 30.3 Å². The van der Waals surface area contributed by atoms with E-state index in [4.69, 9.17) is 0 Å². The Bertz CT molecular complexity index is 556. The van der Waals surface area contributed by atoms with Gasteiger partial charge in [0, 0.05) is 18.9 Å². The van der Waals surface area contributed by atoms with Crippen LogP contribution in [-0.4, -0.2) is 30.2 Å². The van der Waals surface area contributed by atoms with Gasteiger partial charge in [-0.25, -0.2) is 4.39 Å². The second kappa shape index (κ2) is 4.88. The number of benzene rings is 1. The van der Waals surface area contributed by atoms with Gasteiger partial charge in [-0.15, -0.1) is 0 Å². The number of halogens is 1. The van der Waals surface area contributed by atoms with Crippen molar-refractivity contribution >= 4 is 5.91 Å². The fourth-order valence-corrected chi connectivity index (χ4v) is 2.84. The molecule has 0 spiro atoms. The van der Waals surface area contributed by atoms with Crippen molar-refractivity contribution in [3.63, 3.8) is 0 Å². The van der Waals surface area contributed by atoms with E-state index in [2.05, 4.69) is 16.7 Å². The Morgan fingerprint density at radius 2 is 2.20 bits per heavy atom. The summed E-state index contributed by atoms with van der Waals surface area (Å²) in [6, 6.07) is 11.4. The molecule has 1 saturated carbocycles. The molecule has 1 amide bonds. The van der Waals surface area contributed by atoms with E-state index >= 15 is 0 Å². The lowest BCUT2D eigenvalue weighted by Gasteiger charge is -2.15. The summed E-state index contributed by atoms with van der Waals surface area (Å²) >= 11 is 0. The molecule has 1 heterocycles. The third-order valence-corrected chi connectivity index (χ3v) is 4.10. The maximum Gasteiger partial charge on any atom is 0.238 e. The molecule has 1 aromatic rings. The SMILES string of the molecule is N#C[C@]1(NC(=O)[C@@H]2C[C@H](F)CN2)C[C@H]1c1ccccc1. The molecule has 1 aliphatic heterocycles. The number of rotatable bonds is 3. The summed E-state index contributed by atoms with van der Waals surface area (Å²) in [6.07, 6.45) is -0.179. The van der Waals surface area contributed by atoms with E-state index < -0.39 is 17.8 Å². The van der Waals surface area contributed by atoms with Crippen LogP contribution in [0.5, 0.6) is 0 Å². The number of nitrogens with zero attached hydrogens (tertiary/aromatic N) is 1. The number of alkyl halides is 1. The summed E-state index contributed by atoms with van der Waals surface area (Å²) < 4.78 is 13.1. The van der Waals surface area contributed by atoms with Gasteiger partial charge in [-0.1, -0.05) is 30.3 Å². The van der Waals surface area contributed by atoms with Crippen LogP contribution in [0.15, 0.2) is 30.3 Å². The minimum Gasteiger partial charge on any atom is -0.336 e. The first kappa shape index (κ1) is 13.1. The molecule has 2 aliphatic rings. The van der Waals surface area contributed by atoms with E-state index in [-0.39, 0.29) is 24.8 Å². The van der Waals surface area contributed by atoms with Gasteiger partial charge >= 0.3 is 0 Å². The molecule has 0 bridgehead atoms. The smallest absolute Gasteiger partial charge is 0.238 e. The summed E-state index contributed by atoms with van der Waals surface area (Å²) in [6.45, 7) is 0.208. The predicted molar refractivity (Wildman–Crippen MR) is 71.6 cm³/mol. The number of nitriles is 1. The highest BCUT2D eigenvalue weighted by atomic mass is 19.1. The van der Waals surface area contributed by atoms with Crippen LogP contribution in [0.4, 0.5) is 4.39 Å². The average Bonchev–Trinajstić information content (AvgIpc) is 3.02. The summed E-state index contributed by atoms with van der Waals surface area (Å²) in [4.78, 5) is 12.1. The molecule has 4 nitrogen and oxygen atoms in total. The Kier molecular flexibility index (Phi) is 3.19. The van der Waals surface area contributed by atoms with Gasteiger partial charge in [0.2, 0.25) is 5.91 Å². The number of carbonyl (C=O) groups is 1. The molecule has 20 heavy (non-hydrogen) atoms. The quantitative estimate of drug-likeness (QED) is 0.871. The highest BCUT2D eigenvalue weighted by molar-refractivity contribution is 5.84. The normalized spacial score (nSPS) is 35.3. The molecule has 2 N–H and O–H groups in total. The first-order chi connectivity index (χ1) is 9.64. The van der Waals surface area contributed by atoms with Crippen LogP contribution < -0.4 is 10.6 Å². The predicted octanol–water partition coefficient (Wildman–Crippen LogP) is 1.25. The van der Waals surface area contributed by atoms with Crippen molar-refractivity contribution in [2.45, 2.75) is 36.5 Å². The van der Waals surface area contributed by atoms with E-state index in [1.165, 1.54) is 0 Å². The summed E-state index contributed by atoms with van der Waals surface area (Å²) in [5, 5.41) is 15.0. The zero-order valence-corrected chi connectivity index (χ0v) is 11.0. The van der Waals surface area contributed by atoms with Crippen molar-refractivity contribution < 1.29 is 9.18 Å². The van der Waals surface area contributed by atoms with Gasteiger partial charge < -0.3 is 10.6 Å². The van der Waals surface area contributed by atoms with Gasteiger partial charge in [0.1, 0.15) is 11.7 Å². The Hall–Kier alpha value is -1.93. The maximum atomic E-state index is 13.1. The van der Waals surface area contributed by atoms with Crippen molar-refractivity contribution in [2.24, 2.45) is 0 Å². The van der Waals surface area contributed by atoms with E-state index in [9.17, 15) is 14.4 Å². The molecule has 1 saturated heterocycles. The monoisotopic (exact) mass is 273 g/mol. The topological polar surface area (TPSA) is 64.9 Å². The minimum atomic E-state index is -0.979. The highest BCUT2D eigenvalue weighted by Crippen LogP contribution is 2.51. The fourth-order valence-electron chi connectivity index (χ4n) is 2.84. The van der Waals surface area contributed by atoms with E-state index in [1.54, 1.807) is 0 Å². The Morgan fingerprint density at radius 3 is 2.80 bits per heavy atom. The van der Waals surface area contributed by atoms with Crippen LogP contribution in [0.2, 0.25) is 0 Å². The molecule has 2 fully saturated rings. The molecular weight excluding hydrogens is 257 g/mol. The number of carbonyl (C=O) groups excluding carboxylic acids is 1. The second-order valence-electron chi connectivity index (χ2n) is 5.53. The summed E-state index contributed by atoms with van der Waals surface area (Å²) in [5.74, 6) is -0.245. The number of amides is 1.